The second kappa shape index (κ2) is 7.20. The van der Waals surface area contributed by atoms with Crippen LogP contribution in [0.1, 0.15) is 19.4 Å². The summed E-state index contributed by atoms with van der Waals surface area (Å²) >= 11 is 6.57. The molecule has 0 aromatic carbocycles. The van der Waals surface area contributed by atoms with E-state index in [1.165, 1.54) is 16.2 Å². The molecule has 0 N–H and O–H groups in total. The maximum absolute atomic E-state index is 13.0. The maximum Gasteiger partial charge on any atom is 0.267 e. The van der Waals surface area contributed by atoms with Gasteiger partial charge in [0.15, 0.2) is 0 Å². The van der Waals surface area contributed by atoms with Crippen molar-refractivity contribution >= 4 is 51.7 Å². The number of nitrogens with zero attached hydrogens (tertiary/aromatic N) is 4. The molecule has 0 aliphatic carbocycles. The third-order valence-corrected chi connectivity index (χ3v) is 5.25. The van der Waals surface area contributed by atoms with E-state index >= 15 is 0 Å². The minimum Gasteiger partial charge on any atom is -0.362 e. The van der Waals surface area contributed by atoms with E-state index in [2.05, 4.69) is 4.98 Å². The molecule has 6 nitrogen and oxygen atoms in total. The van der Waals surface area contributed by atoms with E-state index in [1.807, 2.05) is 34.0 Å². The van der Waals surface area contributed by atoms with E-state index in [9.17, 15) is 9.59 Å². The first-order valence-corrected chi connectivity index (χ1v) is 9.46. The van der Waals surface area contributed by atoms with Crippen molar-refractivity contribution in [2.45, 2.75) is 13.8 Å². The van der Waals surface area contributed by atoms with Crippen LogP contribution in [0.4, 0.5) is 5.82 Å². The van der Waals surface area contributed by atoms with Gasteiger partial charge in [-0.1, -0.05) is 43.9 Å². The van der Waals surface area contributed by atoms with E-state index in [0.717, 1.165) is 0 Å². The van der Waals surface area contributed by atoms with Crippen molar-refractivity contribution in [2.75, 3.05) is 25.5 Å². The van der Waals surface area contributed by atoms with Crippen LogP contribution in [-0.4, -0.2) is 45.2 Å². The highest BCUT2D eigenvalue weighted by Gasteiger charge is 2.33. The monoisotopic (exact) mass is 388 g/mol. The zero-order chi connectivity index (χ0) is 19.0. The van der Waals surface area contributed by atoms with Gasteiger partial charge < -0.3 is 4.90 Å². The lowest BCUT2D eigenvalue weighted by Crippen LogP contribution is -2.31. The fourth-order valence-corrected chi connectivity index (χ4v) is 3.97. The first kappa shape index (κ1) is 18.6. The van der Waals surface area contributed by atoms with E-state index in [4.69, 9.17) is 12.2 Å². The summed E-state index contributed by atoms with van der Waals surface area (Å²) in [7, 11) is 3.64. The van der Waals surface area contributed by atoms with Crippen molar-refractivity contribution in [3.8, 4) is 0 Å². The SMILES string of the molecule is CC(C)CN1C(=O)/C(=C/c2c(N(C)C)nc3ccccn3c2=O)SC1=S. The van der Waals surface area contributed by atoms with Gasteiger partial charge in [-0.2, -0.15) is 0 Å². The zero-order valence-electron chi connectivity index (χ0n) is 15.1. The first-order chi connectivity index (χ1) is 12.3. The molecular weight excluding hydrogens is 368 g/mol. The molecule has 0 spiro atoms. The highest BCUT2D eigenvalue weighted by molar-refractivity contribution is 8.26. The molecule has 3 heterocycles. The molecule has 0 radical (unpaired) electrons. The maximum atomic E-state index is 13.0. The lowest BCUT2D eigenvalue weighted by Gasteiger charge is -2.17. The predicted molar refractivity (Wildman–Crippen MR) is 111 cm³/mol. The molecular formula is C18H20N4O2S2. The van der Waals surface area contributed by atoms with Crippen LogP contribution in [0.5, 0.6) is 0 Å². The highest BCUT2D eigenvalue weighted by atomic mass is 32.2. The van der Waals surface area contributed by atoms with Crippen molar-refractivity contribution in [1.82, 2.24) is 14.3 Å². The fourth-order valence-electron chi connectivity index (χ4n) is 2.71. The Balaban J connectivity index is 2.14. The van der Waals surface area contributed by atoms with Gasteiger partial charge >= 0.3 is 0 Å². The van der Waals surface area contributed by atoms with Gasteiger partial charge in [-0.25, -0.2) is 4.98 Å². The summed E-state index contributed by atoms with van der Waals surface area (Å²) in [5.74, 6) is 0.674. The first-order valence-electron chi connectivity index (χ1n) is 8.23. The molecule has 3 rings (SSSR count). The number of rotatable bonds is 4. The molecule has 8 heteroatoms. The quantitative estimate of drug-likeness (QED) is 0.593. The summed E-state index contributed by atoms with van der Waals surface area (Å²) in [4.78, 5) is 34.1. The van der Waals surface area contributed by atoms with E-state index in [1.54, 1.807) is 34.2 Å². The Morgan fingerprint density at radius 1 is 1.31 bits per heavy atom. The number of amides is 1. The van der Waals surface area contributed by atoms with E-state index < -0.39 is 0 Å². The second-order valence-corrected chi connectivity index (χ2v) is 8.34. The second-order valence-electron chi connectivity index (χ2n) is 6.66. The third kappa shape index (κ3) is 3.39. The normalized spacial score (nSPS) is 16.3. The number of hydrogen-bond donors (Lipinski definition) is 0. The number of fused-ring (bicyclic) bond motifs is 1. The Bertz CT molecular complexity index is 979. The average molecular weight is 389 g/mol. The molecule has 26 heavy (non-hydrogen) atoms. The Hall–Kier alpha value is -2.19. The number of anilines is 1. The van der Waals surface area contributed by atoms with Crippen LogP contribution in [0.2, 0.25) is 0 Å². The molecule has 0 atom stereocenters. The molecule has 2 aromatic heterocycles. The largest absolute Gasteiger partial charge is 0.362 e. The number of thioether (sulfide) groups is 1. The molecule has 1 saturated heterocycles. The lowest BCUT2D eigenvalue weighted by molar-refractivity contribution is -0.122. The van der Waals surface area contributed by atoms with Gasteiger partial charge in [0.2, 0.25) is 0 Å². The summed E-state index contributed by atoms with van der Waals surface area (Å²) in [6.45, 7) is 4.63. The molecule has 1 aliphatic heterocycles. The molecule has 1 aliphatic rings. The van der Waals surface area contributed by atoms with Crippen LogP contribution in [0.3, 0.4) is 0 Å². The van der Waals surface area contributed by atoms with Crippen LogP contribution in [0.15, 0.2) is 34.1 Å². The molecule has 1 amide bonds. The molecule has 0 unspecified atom stereocenters. The van der Waals surface area contributed by atoms with Crippen LogP contribution >= 0.6 is 24.0 Å². The summed E-state index contributed by atoms with van der Waals surface area (Å²) in [5, 5.41) is 0. The van der Waals surface area contributed by atoms with Gasteiger partial charge in [-0.3, -0.25) is 18.9 Å². The Morgan fingerprint density at radius 2 is 2.04 bits per heavy atom. The van der Waals surface area contributed by atoms with Crippen molar-refractivity contribution in [1.29, 1.82) is 0 Å². The number of aromatic nitrogens is 2. The molecule has 2 aromatic rings. The summed E-state index contributed by atoms with van der Waals surface area (Å²) in [5.41, 5.74) is 0.725. The van der Waals surface area contributed by atoms with Crippen molar-refractivity contribution < 1.29 is 4.79 Å². The number of pyridine rings is 1. The minimum atomic E-state index is -0.214. The van der Waals surface area contributed by atoms with E-state index in [0.29, 0.717) is 38.7 Å². The number of thiocarbonyl (C=S) groups is 1. The molecule has 1 fully saturated rings. The smallest absolute Gasteiger partial charge is 0.267 e. The molecule has 0 bridgehead atoms. The van der Waals surface area contributed by atoms with Gasteiger partial charge in [0.1, 0.15) is 15.8 Å². The zero-order valence-corrected chi connectivity index (χ0v) is 16.7. The average Bonchev–Trinajstić information content (AvgIpc) is 2.84. The lowest BCUT2D eigenvalue weighted by atomic mass is 10.2. The highest BCUT2D eigenvalue weighted by Crippen LogP contribution is 2.33. The van der Waals surface area contributed by atoms with Gasteiger partial charge in [0, 0.05) is 26.8 Å². The van der Waals surface area contributed by atoms with Gasteiger partial charge in [0.05, 0.1) is 10.5 Å². The van der Waals surface area contributed by atoms with Gasteiger partial charge in [-0.05, 0) is 24.1 Å². The van der Waals surface area contributed by atoms with Crippen LogP contribution < -0.4 is 10.5 Å². The fraction of sp³-hybridized carbons (Fsp3) is 0.333. The van der Waals surface area contributed by atoms with Crippen molar-refractivity contribution in [2.24, 2.45) is 5.92 Å². The van der Waals surface area contributed by atoms with Crippen LogP contribution in [0.25, 0.3) is 11.7 Å². The van der Waals surface area contributed by atoms with E-state index in [-0.39, 0.29) is 11.5 Å². The van der Waals surface area contributed by atoms with Gasteiger partial charge in [0.25, 0.3) is 11.5 Å². The summed E-state index contributed by atoms with van der Waals surface area (Å²) in [6, 6.07) is 5.38. The predicted octanol–water partition coefficient (Wildman–Crippen LogP) is 2.62. The number of carbonyl (C=O) groups is 1. The van der Waals surface area contributed by atoms with Crippen molar-refractivity contribution in [3.63, 3.8) is 0 Å². The molecule has 136 valence electrons. The Morgan fingerprint density at radius 3 is 2.69 bits per heavy atom. The topological polar surface area (TPSA) is 57.9 Å². The standard InChI is InChI=1S/C18H20N4O2S2/c1-11(2)10-22-17(24)13(26-18(22)25)9-12-15(20(3)4)19-14-7-5-6-8-21(14)16(12)23/h5-9,11H,10H2,1-4H3/b13-9-. The number of carbonyl (C=O) groups excluding carboxylic acids is 1. The van der Waals surface area contributed by atoms with Crippen LogP contribution in [0, 0.1) is 5.92 Å². The summed E-state index contributed by atoms with van der Waals surface area (Å²) < 4.78 is 2.00. The van der Waals surface area contributed by atoms with Crippen LogP contribution in [-0.2, 0) is 4.79 Å². The Labute approximate surface area is 161 Å². The minimum absolute atomic E-state index is 0.157. The number of hydrogen-bond acceptors (Lipinski definition) is 6. The Kier molecular flexibility index (Phi) is 5.15. The van der Waals surface area contributed by atoms with Crippen molar-refractivity contribution in [3.05, 3.63) is 45.2 Å². The summed E-state index contributed by atoms with van der Waals surface area (Å²) in [6.07, 6.45) is 3.29. The molecule has 0 saturated carbocycles. The van der Waals surface area contributed by atoms with Gasteiger partial charge in [-0.15, -0.1) is 0 Å². The third-order valence-electron chi connectivity index (χ3n) is 3.87.